The topological polar surface area (TPSA) is 26.3 Å². The summed E-state index contributed by atoms with van der Waals surface area (Å²) in [5, 5.41) is 0. The second-order valence-electron chi connectivity index (χ2n) is 1.98. The van der Waals surface area contributed by atoms with E-state index in [0.29, 0.717) is 0 Å². The van der Waals surface area contributed by atoms with Crippen LogP contribution in [0.2, 0.25) is 0 Å². The van der Waals surface area contributed by atoms with Gasteiger partial charge in [-0.25, -0.2) is 0 Å². The van der Waals surface area contributed by atoms with Crippen LogP contribution in [-0.4, -0.2) is 23.1 Å². The first kappa shape index (κ1) is 11.8. The van der Waals surface area contributed by atoms with E-state index in [-0.39, 0.29) is 0 Å². The maximum atomic E-state index is 11.8. The van der Waals surface area contributed by atoms with Gasteiger partial charge in [-0.3, -0.25) is 4.79 Å². The monoisotopic (exact) mass is 224 g/mol. The summed E-state index contributed by atoms with van der Waals surface area (Å²) in [7, 11) is 0. The van der Waals surface area contributed by atoms with E-state index in [4.69, 9.17) is 23.2 Å². The van der Waals surface area contributed by atoms with Crippen molar-refractivity contribution in [1.82, 2.24) is 0 Å². The van der Waals surface area contributed by atoms with Crippen molar-refractivity contribution in [2.75, 3.05) is 6.61 Å². The Balaban J connectivity index is 4.14. The number of halogens is 5. The largest absolute Gasteiger partial charge is 0.462 e. The Kier molecular flexibility index (Phi) is 3.65. The van der Waals surface area contributed by atoms with Gasteiger partial charge in [0.25, 0.3) is 0 Å². The van der Waals surface area contributed by atoms with Crippen LogP contribution in [0.15, 0.2) is 0 Å². The number of hydrogen-bond donors (Lipinski definition) is 0. The van der Waals surface area contributed by atoms with E-state index in [2.05, 4.69) is 4.74 Å². The Morgan fingerprint density at radius 1 is 1.42 bits per heavy atom. The van der Waals surface area contributed by atoms with Crippen LogP contribution < -0.4 is 0 Å². The summed E-state index contributed by atoms with van der Waals surface area (Å²) in [6.07, 6.45) is -4.81. The lowest BCUT2D eigenvalue weighted by Crippen LogP contribution is -2.39. The summed E-state index contributed by atoms with van der Waals surface area (Å²) in [5.74, 6) is -0.870. The summed E-state index contributed by atoms with van der Waals surface area (Å²) in [5.41, 5.74) is 0. The summed E-state index contributed by atoms with van der Waals surface area (Å²) in [6, 6.07) is 0. The zero-order valence-electron chi connectivity index (χ0n) is 5.91. The van der Waals surface area contributed by atoms with Gasteiger partial charge in [-0.1, -0.05) is 23.2 Å². The molecular weight excluding hydrogens is 220 g/mol. The molecule has 72 valence electrons. The predicted molar refractivity (Wildman–Crippen MR) is 37.1 cm³/mol. The molecule has 0 rings (SSSR count). The van der Waals surface area contributed by atoms with E-state index in [0.717, 1.165) is 6.92 Å². The predicted octanol–water partition coefficient (Wildman–Crippen LogP) is 2.29. The molecule has 0 bridgehead atoms. The lowest BCUT2D eigenvalue weighted by molar-refractivity contribution is -0.162. The van der Waals surface area contributed by atoms with Gasteiger partial charge in [0.15, 0.2) is 0 Å². The second kappa shape index (κ2) is 3.70. The molecule has 0 aliphatic rings. The summed E-state index contributed by atoms with van der Waals surface area (Å²) < 4.78 is 36.5. The third-order valence-electron chi connectivity index (χ3n) is 0.871. The Labute approximate surface area is 76.6 Å². The first-order valence-corrected chi connectivity index (χ1v) is 3.50. The Hall–Kier alpha value is -0.160. The van der Waals surface area contributed by atoms with E-state index in [1.54, 1.807) is 0 Å². The molecule has 0 aliphatic heterocycles. The molecule has 0 heterocycles. The first-order valence-electron chi connectivity index (χ1n) is 2.75. The number of ether oxygens (including phenoxy) is 1. The molecule has 12 heavy (non-hydrogen) atoms. The molecule has 0 N–H and O–H groups in total. The second-order valence-corrected chi connectivity index (χ2v) is 3.47. The SMILES string of the molecule is CC(=O)OCC(Cl)(Cl)C(F)(F)F. The van der Waals surface area contributed by atoms with Crippen LogP contribution >= 0.6 is 23.2 Å². The standard InChI is InChI=1S/C5H5Cl2F3O2/c1-3(11)12-2-4(6,7)5(8,9)10/h2H2,1H3. The molecule has 0 amide bonds. The van der Waals surface area contributed by atoms with Gasteiger partial charge in [0.05, 0.1) is 0 Å². The highest BCUT2D eigenvalue weighted by atomic mass is 35.5. The highest BCUT2D eigenvalue weighted by Gasteiger charge is 2.53. The molecule has 0 aromatic carbocycles. The molecule has 2 nitrogen and oxygen atoms in total. The molecule has 0 aromatic rings. The van der Waals surface area contributed by atoms with Crippen LogP contribution in [0.25, 0.3) is 0 Å². The van der Waals surface area contributed by atoms with E-state index in [9.17, 15) is 18.0 Å². The van der Waals surface area contributed by atoms with Gasteiger partial charge in [-0.2, -0.15) is 13.2 Å². The van der Waals surface area contributed by atoms with Gasteiger partial charge in [-0.05, 0) is 0 Å². The smallest absolute Gasteiger partial charge is 0.424 e. The van der Waals surface area contributed by atoms with Crippen molar-refractivity contribution >= 4 is 29.2 Å². The molecule has 0 unspecified atom stereocenters. The zero-order chi connectivity index (χ0) is 9.99. The van der Waals surface area contributed by atoms with Gasteiger partial charge in [0.2, 0.25) is 4.33 Å². The minimum atomic E-state index is -4.81. The summed E-state index contributed by atoms with van der Waals surface area (Å²) in [4.78, 5) is 10.1. The van der Waals surface area contributed by atoms with Crippen LogP contribution in [-0.2, 0) is 9.53 Å². The fourth-order valence-electron chi connectivity index (χ4n) is 0.274. The zero-order valence-corrected chi connectivity index (χ0v) is 7.43. The molecule has 0 saturated carbocycles. The van der Waals surface area contributed by atoms with E-state index >= 15 is 0 Å². The number of alkyl halides is 5. The van der Waals surface area contributed by atoms with Crippen molar-refractivity contribution in [1.29, 1.82) is 0 Å². The number of carbonyl (C=O) groups excluding carboxylic acids is 1. The van der Waals surface area contributed by atoms with Crippen molar-refractivity contribution in [3.05, 3.63) is 0 Å². The molecular formula is C5H5Cl2F3O2. The van der Waals surface area contributed by atoms with Crippen molar-refractivity contribution in [3.8, 4) is 0 Å². The Morgan fingerprint density at radius 2 is 1.83 bits per heavy atom. The molecule has 0 atom stereocenters. The third-order valence-corrected chi connectivity index (χ3v) is 1.52. The molecule has 7 heteroatoms. The molecule has 0 radical (unpaired) electrons. The van der Waals surface area contributed by atoms with Crippen LogP contribution in [0.1, 0.15) is 6.92 Å². The number of carbonyl (C=O) groups is 1. The quantitative estimate of drug-likeness (QED) is 0.532. The van der Waals surface area contributed by atoms with Gasteiger partial charge >= 0.3 is 12.1 Å². The number of hydrogen-bond acceptors (Lipinski definition) is 2. The van der Waals surface area contributed by atoms with E-state index in [1.165, 1.54) is 0 Å². The third kappa shape index (κ3) is 3.49. The van der Waals surface area contributed by atoms with Gasteiger partial charge in [0, 0.05) is 6.92 Å². The van der Waals surface area contributed by atoms with Crippen molar-refractivity contribution in [2.24, 2.45) is 0 Å². The van der Waals surface area contributed by atoms with Crippen molar-refractivity contribution < 1.29 is 22.7 Å². The number of rotatable bonds is 2. The maximum Gasteiger partial charge on any atom is 0.424 e. The Morgan fingerprint density at radius 3 is 2.08 bits per heavy atom. The van der Waals surface area contributed by atoms with Crippen LogP contribution in [0, 0.1) is 0 Å². The fraction of sp³-hybridized carbons (Fsp3) is 0.800. The highest BCUT2D eigenvalue weighted by molar-refractivity contribution is 6.49. The van der Waals surface area contributed by atoms with Crippen LogP contribution in [0.5, 0.6) is 0 Å². The molecule has 0 fully saturated rings. The molecule has 0 aliphatic carbocycles. The summed E-state index contributed by atoms with van der Waals surface area (Å²) >= 11 is 9.64. The van der Waals surface area contributed by atoms with E-state index in [1.807, 2.05) is 0 Å². The Bertz CT molecular complexity index is 178. The minimum absolute atomic E-state index is 0.870. The fourth-order valence-corrected chi connectivity index (χ4v) is 0.383. The lowest BCUT2D eigenvalue weighted by atomic mass is 10.4. The summed E-state index contributed by atoms with van der Waals surface area (Å²) in [6.45, 7) is -0.144. The normalized spacial score (nSPS) is 12.8. The van der Waals surface area contributed by atoms with E-state index < -0.39 is 23.1 Å². The number of esters is 1. The lowest BCUT2D eigenvalue weighted by Gasteiger charge is -2.21. The average Bonchev–Trinajstić information content (AvgIpc) is 1.81. The van der Waals surface area contributed by atoms with Crippen LogP contribution in [0.3, 0.4) is 0 Å². The molecule has 0 saturated heterocycles. The van der Waals surface area contributed by atoms with Gasteiger partial charge in [-0.15, -0.1) is 0 Å². The highest BCUT2D eigenvalue weighted by Crippen LogP contribution is 2.39. The van der Waals surface area contributed by atoms with Crippen molar-refractivity contribution in [2.45, 2.75) is 17.4 Å². The van der Waals surface area contributed by atoms with Crippen LogP contribution in [0.4, 0.5) is 13.2 Å². The van der Waals surface area contributed by atoms with Gasteiger partial charge in [0.1, 0.15) is 6.61 Å². The van der Waals surface area contributed by atoms with Gasteiger partial charge < -0.3 is 4.74 Å². The minimum Gasteiger partial charge on any atom is -0.462 e. The maximum absolute atomic E-state index is 11.8. The first-order chi connectivity index (χ1) is 5.17. The average molecular weight is 225 g/mol. The molecule has 0 spiro atoms. The van der Waals surface area contributed by atoms with Crippen molar-refractivity contribution in [3.63, 3.8) is 0 Å². The molecule has 0 aromatic heterocycles.